The van der Waals surface area contributed by atoms with Crippen LogP contribution in [0.15, 0.2) is 109 Å². The third-order valence-corrected chi connectivity index (χ3v) is 9.69. The van der Waals surface area contributed by atoms with E-state index in [2.05, 4.69) is 138 Å². The van der Waals surface area contributed by atoms with E-state index in [1.807, 2.05) is 6.07 Å². The molecule has 0 bridgehead atoms. The summed E-state index contributed by atoms with van der Waals surface area (Å²) < 4.78 is 2.50. The molecule has 1 aliphatic heterocycles. The molecule has 0 aromatic heterocycles. The number of hydrogen-bond donors (Lipinski definition) is 3. The number of carbonyl (C=O) groups excluding carboxylic acids is 1. The number of unbranched alkanes of at least 4 members (excludes halogenated alkanes) is 2. The zero-order chi connectivity index (χ0) is 32.4. The standard InChI is InChI=1S/C42H42N4O/c1-42(2)36-28-34(45-33-12-5-3-6-13-33)21-23-37(36)46(27-8-4-7-14-39(47)44-26-25-43)38(42)24-20-29-15-16-32-18-17-30-10-9-11-31-19-22-35(29)41(32)40(30)31/h3,5-6,9-13,15-24,28,45H,4,7-8,14,25-27,43H2,1-2H3/p+1/b24-20+. The summed E-state index contributed by atoms with van der Waals surface area (Å²) >= 11 is 0. The molecular weight excluding hydrogens is 576 g/mol. The summed E-state index contributed by atoms with van der Waals surface area (Å²) in [6.07, 6.45) is 8.06. The molecule has 47 heavy (non-hydrogen) atoms. The molecule has 5 heteroatoms. The molecule has 0 atom stereocenters. The quantitative estimate of drug-likeness (QED) is 0.0727. The lowest BCUT2D eigenvalue weighted by molar-refractivity contribution is -0.438. The maximum Gasteiger partial charge on any atom is 0.220 e. The van der Waals surface area contributed by atoms with Gasteiger partial charge in [-0.15, -0.1) is 0 Å². The van der Waals surface area contributed by atoms with Crippen LogP contribution >= 0.6 is 0 Å². The van der Waals surface area contributed by atoms with Gasteiger partial charge in [0.25, 0.3) is 0 Å². The highest BCUT2D eigenvalue weighted by Crippen LogP contribution is 2.43. The first kappa shape index (κ1) is 30.6. The van der Waals surface area contributed by atoms with Crippen LogP contribution < -0.4 is 16.4 Å². The van der Waals surface area contributed by atoms with Gasteiger partial charge in [0.2, 0.25) is 11.6 Å². The summed E-state index contributed by atoms with van der Waals surface area (Å²) in [7, 11) is 0. The first-order valence-corrected chi connectivity index (χ1v) is 16.9. The molecule has 5 nitrogen and oxygen atoms in total. The Morgan fingerprint density at radius 1 is 0.766 bits per heavy atom. The number of rotatable bonds is 12. The molecule has 0 radical (unpaired) electrons. The molecule has 4 N–H and O–H groups in total. The van der Waals surface area contributed by atoms with Crippen LogP contribution in [0.5, 0.6) is 0 Å². The largest absolute Gasteiger partial charge is 0.356 e. The van der Waals surface area contributed by atoms with Gasteiger partial charge in [-0.1, -0.05) is 72.8 Å². The van der Waals surface area contributed by atoms with E-state index < -0.39 is 0 Å². The van der Waals surface area contributed by atoms with Gasteiger partial charge < -0.3 is 16.4 Å². The van der Waals surface area contributed by atoms with Crippen LogP contribution in [0.1, 0.15) is 50.7 Å². The zero-order valence-electron chi connectivity index (χ0n) is 27.4. The number of nitrogens with zero attached hydrogens (tertiary/aromatic N) is 1. The fourth-order valence-electron chi connectivity index (χ4n) is 7.29. The van der Waals surface area contributed by atoms with Gasteiger partial charge in [-0.2, -0.15) is 4.58 Å². The minimum Gasteiger partial charge on any atom is -0.356 e. The van der Waals surface area contributed by atoms with E-state index in [-0.39, 0.29) is 11.3 Å². The molecule has 6 aromatic carbocycles. The third kappa shape index (κ3) is 5.99. The minimum absolute atomic E-state index is 0.0880. The summed E-state index contributed by atoms with van der Waals surface area (Å²) in [5.41, 5.74) is 12.6. The lowest BCUT2D eigenvalue weighted by Gasteiger charge is -2.17. The summed E-state index contributed by atoms with van der Waals surface area (Å²) in [5, 5.41) is 14.3. The number of amides is 1. The molecule has 6 aromatic rings. The van der Waals surface area contributed by atoms with Gasteiger partial charge in [-0.25, -0.2) is 0 Å². The van der Waals surface area contributed by atoms with Crippen LogP contribution in [0, 0.1) is 0 Å². The minimum atomic E-state index is -0.202. The van der Waals surface area contributed by atoms with Gasteiger partial charge in [-0.3, -0.25) is 4.79 Å². The maximum absolute atomic E-state index is 12.1. The Kier molecular flexibility index (Phi) is 8.48. The lowest BCUT2D eigenvalue weighted by atomic mass is 9.81. The second-order valence-electron chi connectivity index (χ2n) is 13.2. The summed E-state index contributed by atoms with van der Waals surface area (Å²) in [5.74, 6) is 0.0880. The monoisotopic (exact) mass is 619 g/mol. The molecule has 0 saturated heterocycles. The molecule has 1 heterocycles. The van der Waals surface area contributed by atoms with Crippen molar-refractivity contribution in [1.29, 1.82) is 0 Å². The Hall–Kier alpha value is -5.00. The number of allylic oxidation sites excluding steroid dienone is 1. The fourth-order valence-corrected chi connectivity index (χ4v) is 7.29. The third-order valence-electron chi connectivity index (χ3n) is 9.69. The summed E-state index contributed by atoms with van der Waals surface area (Å²) in [6.45, 7) is 6.58. The number of anilines is 2. The number of benzene rings is 6. The number of fused-ring (bicyclic) bond motifs is 1. The topological polar surface area (TPSA) is 70.2 Å². The van der Waals surface area contributed by atoms with Gasteiger partial charge in [0.1, 0.15) is 6.54 Å². The number of carbonyl (C=O) groups is 1. The highest BCUT2D eigenvalue weighted by molar-refractivity contribution is 6.24. The van der Waals surface area contributed by atoms with Crippen molar-refractivity contribution in [1.82, 2.24) is 5.32 Å². The maximum atomic E-state index is 12.1. The highest BCUT2D eigenvalue weighted by atomic mass is 16.1. The van der Waals surface area contributed by atoms with Crippen LogP contribution in [-0.2, 0) is 10.2 Å². The number of hydrogen-bond acceptors (Lipinski definition) is 3. The molecule has 236 valence electrons. The van der Waals surface area contributed by atoms with Gasteiger partial charge in [0.15, 0.2) is 5.71 Å². The molecule has 0 unspecified atom stereocenters. The zero-order valence-corrected chi connectivity index (χ0v) is 27.4. The van der Waals surface area contributed by atoms with Crippen molar-refractivity contribution >= 4 is 67.1 Å². The van der Waals surface area contributed by atoms with E-state index in [0.717, 1.165) is 37.2 Å². The molecule has 7 rings (SSSR count). The smallest absolute Gasteiger partial charge is 0.220 e. The second-order valence-corrected chi connectivity index (χ2v) is 13.2. The Labute approximate surface area is 277 Å². The van der Waals surface area contributed by atoms with Crippen molar-refractivity contribution in [3.8, 4) is 0 Å². The van der Waals surface area contributed by atoms with Crippen molar-refractivity contribution in [2.24, 2.45) is 5.73 Å². The predicted molar refractivity (Wildman–Crippen MR) is 199 cm³/mol. The number of nitrogens with two attached hydrogens (primary N) is 1. The highest BCUT2D eigenvalue weighted by Gasteiger charge is 2.44. The first-order valence-electron chi connectivity index (χ1n) is 16.9. The summed E-state index contributed by atoms with van der Waals surface area (Å²) in [4.78, 5) is 12.1. The Morgan fingerprint density at radius 3 is 2.30 bits per heavy atom. The van der Waals surface area contributed by atoms with Crippen molar-refractivity contribution in [2.75, 3.05) is 25.0 Å². The van der Waals surface area contributed by atoms with E-state index in [0.29, 0.717) is 19.5 Å². The van der Waals surface area contributed by atoms with Crippen molar-refractivity contribution in [3.05, 3.63) is 120 Å². The van der Waals surface area contributed by atoms with Crippen molar-refractivity contribution < 1.29 is 9.37 Å². The number of nitrogens with one attached hydrogen (secondary N) is 2. The predicted octanol–water partition coefficient (Wildman–Crippen LogP) is 9.05. The lowest BCUT2D eigenvalue weighted by Crippen LogP contribution is -2.28. The molecule has 0 spiro atoms. The Bertz CT molecular complexity index is 2110. The molecule has 1 amide bonds. The Balaban J connectivity index is 1.22. The average molecular weight is 620 g/mol. The first-order chi connectivity index (χ1) is 22.9. The second kappa shape index (κ2) is 13.0. The average Bonchev–Trinajstić information content (AvgIpc) is 3.30. The molecule has 1 aliphatic rings. The van der Waals surface area contributed by atoms with Crippen LogP contribution in [0.4, 0.5) is 17.1 Å². The summed E-state index contributed by atoms with van der Waals surface area (Å²) in [6, 6.07) is 37.2. The van der Waals surface area contributed by atoms with E-state index in [4.69, 9.17) is 5.73 Å². The Morgan fingerprint density at radius 2 is 1.51 bits per heavy atom. The van der Waals surface area contributed by atoms with E-state index in [9.17, 15) is 4.79 Å². The number of para-hydroxylation sites is 1. The van der Waals surface area contributed by atoms with Gasteiger partial charge >= 0.3 is 0 Å². The van der Waals surface area contributed by atoms with Crippen LogP contribution in [0.3, 0.4) is 0 Å². The van der Waals surface area contributed by atoms with Gasteiger partial charge in [0, 0.05) is 55.0 Å². The molecule has 0 fully saturated rings. The fraction of sp³-hybridized carbons (Fsp3) is 0.238. The van der Waals surface area contributed by atoms with Gasteiger partial charge in [-0.05, 0) is 94.9 Å². The normalized spacial score (nSPS) is 14.1. The van der Waals surface area contributed by atoms with Crippen molar-refractivity contribution in [3.63, 3.8) is 0 Å². The van der Waals surface area contributed by atoms with E-state index in [1.54, 1.807) is 0 Å². The van der Waals surface area contributed by atoms with Gasteiger partial charge in [0.05, 0.1) is 5.41 Å². The van der Waals surface area contributed by atoms with E-state index >= 15 is 0 Å². The van der Waals surface area contributed by atoms with Crippen molar-refractivity contribution in [2.45, 2.75) is 44.9 Å². The molecular formula is C42H43N4O+. The SMILES string of the molecule is CC1(C)C(/C=C/c2ccc3ccc4cccc5ccc2c3c45)=[N+](CCCCCC(=O)NCCN)c2ccc(Nc3ccccc3)cc21. The molecule has 0 aliphatic carbocycles. The van der Waals surface area contributed by atoms with Crippen LogP contribution in [-0.4, -0.2) is 35.8 Å². The molecule has 0 saturated carbocycles. The van der Waals surface area contributed by atoms with Crippen LogP contribution in [0.2, 0.25) is 0 Å². The van der Waals surface area contributed by atoms with Crippen LogP contribution in [0.25, 0.3) is 38.4 Å². The van der Waals surface area contributed by atoms with E-state index in [1.165, 1.54) is 54.8 Å².